The molecule has 0 saturated heterocycles. The summed E-state index contributed by atoms with van der Waals surface area (Å²) in [4.78, 5) is 0. The Labute approximate surface area is 280 Å². The van der Waals surface area contributed by atoms with Gasteiger partial charge in [0.25, 0.3) is 0 Å². The van der Waals surface area contributed by atoms with E-state index in [2.05, 4.69) is 130 Å². The predicted octanol–water partition coefficient (Wildman–Crippen LogP) is 11.8. The number of aryl methyl sites for hydroxylation is 6. The Kier molecular flexibility index (Phi) is 17.0. The zero-order valence-electron chi connectivity index (χ0n) is 28.5. The van der Waals surface area contributed by atoms with Crippen LogP contribution in [0.15, 0.2) is 36.4 Å². The minimum absolute atomic E-state index is 0.747. The van der Waals surface area contributed by atoms with Crippen molar-refractivity contribution >= 4 is 64.7 Å². The molecule has 2 nitrogen and oxygen atoms in total. The summed E-state index contributed by atoms with van der Waals surface area (Å²) in [5.41, 5.74) is 11.0. The third kappa shape index (κ3) is 12.2. The summed E-state index contributed by atoms with van der Waals surface area (Å²) in [5.74, 6) is 0. The van der Waals surface area contributed by atoms with E-state index in [1.807, 2.05) is 0 Å². The Morgan fingerprint density at radius 2 is 0.929 bits per heavy atom. The molecule has 0 spiro atoms. The second-order valence-electron chi connectivity index (χ2n) is 12.9. The summed E-state index contributed by atoms with van der Waals surface area (Å²) in [6.45, 7) is 32.4. The zero-order chi connectivity index (χ0) is 32.4. The van der Waals surface area contributed by atoms with Crippen molar-refractivity contribution in [3.8, 4) is 0 Å². The molecular weight excluding hydrogens is 687 g/mol. The van der Waals surface area contributed by atoms with Crippen LogP contribution >= 0.6 is 17.0 Å². The van der Waals surface area contributed by atoms with Gasteiger partial charge in [-0.25, -0.2) is 0 Å². The number of hydrogen-bond donors (Lipinski definition) is 0. The fourth-order valence-electron chi connectivity index (χ4n) is 4.67. The average Bonchev–Trinajstić information content (AvgIpc) is 3.35. The number of fused-ring (bicyclic) bond motifs is 2. The van der Waals surface area contributed by atoms with Gasteiger partial charge in [0.2, 0.25) is 0 Å². The molecule has 8 heteroatoms. The minimum atomic E-state index is -1.45. The fraction of sp³-hybridized carbons (Fsp3) is 0.471. The quantitative estimate of drug-likeness (QED) is 0.145. The van der Waals surface area contributed by atoms with Crippen LogP contribution in [0.1, 0.15) is 44.5 Å². The first-order chi connectivity index (χ1) is 19.4. The van der Waals surface area contributed by atoms with E-state index >= 15 is 0 Å². The Bertz CT molecular complexity index is 1300. The molecule has 0 aliphatic rings. The number of hydrogen-bond acceptors (Lipinski definition) is 2. The van der Waals surface area contributed by atoms with E-state index in [0.717, 1.165) is 22.7 Å². The van der Waals surface area contributed by atoms with Crippen LogP contribution in [0.25, 0.3) is 21.5 Å². The van der Waals surface area contributed by atoms with Crippen LogP contribution in [0.5, 0.6) is 0 Å². The van der Waals surface area contributed by atoms with Crippen LogP contribution in [-0.2, 0) is 42.9 Å². The van der Waals surface area contributed by atoms with E-state index in [1.54, 1.807) is 0 Å². The van der Waals surface area contributed by atoms with Gasteiger partial charge in [0.15, 0.2) is 16.6 Å². The van der Waals surface area contributed by atoms with E-state index in [-0.39, 0.29) is 0 Å². The monoisotopic (exact) mass is 736 g/mol. The molecule has 230 valence electrons. The van der Waals surface area contributed by atoms with Crippen molar-refractivity contribution in [2.45, 2.75) is 107 Å². The van der Waals surface area contributed by atoms with Crippen molar-refractivity contribution in [3.63, 3.8) is 0 Å². The zero-order valence-corrected chi connectivity index (χ0v) is 35.4. The van der Waals surface area contributed by atoms with E-state index in [1.165, 1.54) is 66.1 Å². The van der Waals surface area contributed by atoms with Crippen LogP contribution < -0.4 is 0 Å². The molecule has 4 rings (SSSR count). The second-order valence-corrected chi connectivity index (χ2v) is 26.7. The topological polar surface area (TPSA) is 18.5 Å². The first-order valence-corrected chi connectivity index (χ1v) is 29.7. The molecule has 0 saturated carbocycles. The van der Waals surface area contributed by atoms with Gasteiger partial charge in [0.1, 0.15) is 0 Å². The van der Waals surface area contributed by atoms with Gasteiger partial charge in [0, 0.05) is 9.52 Å². The van der Waals surface area contributed by atoms with Crippen molar-refractivity contribution in [2.75, 3.05) is 0 Å². The van der Waals surface area contributed by atoms with Gasteiger partial charge in [-0.2, -0.15) is 11.1 Å². The normalized spacial score (nSPS) is 11.2. The Morgan fingerprint density at radius 1 is 0.643 bits per heavy atom. The first-order valence-electron chi connectivity index (χ1n) is 14.5. The summed E-state index contributed by atoms with van der Waals surface area (Å²) in [6, 6.07) is 13.5. The van der Waals surface area contributed by atoms with Gasteiger partial charge in [-0.1, -0.05) is 77.9 Å². The van der Waals surface area contributed by atoms with Crippen LogP contribution in [-0.4, -0.2) is 26.2 Å². The molecule has 0 unspecified atom stereocenters. The summed E-state index contributed by atoms with van der Waals surface area (Å²) >= 11 is -0.826. The molecule has 42 heavy (non-hydrogen) atoms. The fourth-order valence-corrected chi connectivity index (χ4v) is 5.85. The molecule has 0 aliphatic carbocycles. The van der Waals surface area contributed by atoms with Crippen LogP contribution in [0.3, 0.4) is 0 Å². The first kappa shape index (κ1) is 39.7. The molecule has 4 aromatic rings. The third-order valence-electron chi connectivity index (χ3n) is 7.08. The Morgan fingerprint density at radius 3 is 1.19 bits per heavy atom. The standard InChI is InChI=1S/2C16H23OSi.C2H6Si.2ClH.Zr/c2*1-11-7-8-14(10-17-18(4,5)6)16-13(3)12(2)9-15(11)16;1-3-2;;;/h2*7-9H,10H2,1-6H3;1-2H3;2*1H;/q2*-1;;;;+4/p-2. The Hall–Kier alpha value is -0.306. The van der Waals surface area contributed by atoms with Crippen molar-refractivity contribution < 1.29 is 29.7 Å². The summed E-state index contributed by atoms with van der Waals surface area (Å²) in [5, 5.41) is 5.60. The predicted molar refractivity (Wildman–Crippen MR) is 193 cm³/mol. The molecule has 0 heterocycles. The molecule has 0 N–H and O–H groups in total. The number of benzene rings is 2. The van der Waals surface area contributed by atoms with Gasteiger partial charge < -0.3 is 8.85 Å². The van der Waals surface area contributed by atoms with Gasteiger partial charge in [-0.3, -0.25) is 0 Å². The summed E-state index contributed by atoms with van der Waals surface area (Å²) < 4.78 is 12.1. The van der Waals surface area contributed by atoms with Crippen LogP contribution in [0.2, 0.25) is 52.4 Å². The molecule has 2 radical (unpaired) electrons. The molecule has 0 aliphatic heterocycles. The molecular formula is C34H52Cl2O2Si3Zr. The molecule has 0 fully saturated rings. The molecule has 4 aromatic carbocycles. The maximum atomic E-state index is 6.07. The van der Waals surface area contributed by atoms with E-state index in [9.17, 15) is 0 Å². The molecule has 0 aromatic heterocycles. The van der Waals surface area contributed by atoms with Crippen LogP contribution in [0, 0.1) is 41.5 Å². The maximum absolute atomic E-state index is 6.07. The molecule has 0 bridgehead atoms. The number of rotatable bonds is 6. The average molecular weight is 739 g/mol. The van der Waals surface area contributed by atoms with E-state index in [4.69, 9.17) is 25.9 Å². The number of halogens is 2. The van der Waals surface area contributed by atoms with Gasteiger partial charge >= 0.3 is 37.9 Å². The van der Waals surface area contributed by atoms with Crippen LogP contribution in [0.4, 0.5) is 0 Å². The summed E-state index contributed by atoms with van der Waals surface area (Å²) in [6.07, 6.45) is 0. The van der Waals surface area contributed by atoms with Crippen molar-refractivity contribution in [3.05, 3.63) is 80.9 Å². The van der Waals surface area contributed by atoms with Crippen molar-refractivity contribution in [1.29, 1.82) is 0 Å². The van der Waals surface area contributed by atoms with Gasteiger partial charge in [-0.15, -0.1) is 68.1 Å². The SMILES string of the molecule is C[Si]C.Cc1[cH-]c2c(C)ccc(CO[Si](C)(C)C)c2c1C.Cc1[cH-]c2c(C)ccc(CO[Si](C)(C)C)c2c1C.[Cl][Zr+2][Cl]. The second kappa shape index (κ2) is 18.0. The van der Waals surface area contributed by atoms with Crippen molar-refractivity contribution in [2.24, 2.45) is 0 Å². The van der Waals surface area contributed by atoms with E-state index < -0.39 is 37.5 Å². The van der Waals surface area contributed by atoms with Gasteiger partial charge in [0.05, 0.1) is 13.2 Å². The van der Waals surface area contributed by atoms with Crippen molar-refractivity contribution in [1.82, 2.24) is 0 Å². The molecule has 0 atom stereocenters. The molecule has 0 amide bonds. The summed E-state index contributed by atoms with van der Waals surface area (Å²) in [7, 11) is 8.05. The van der Waals surface area contributed by atoms with Gasteiger partial charge in [-0.05, 0) is 39.3 Å². The third-order valence-corrected chi connectivity index (χ3v) is 9.10. The van der Waals surface area contributed by atoms with E-state index in [0.29, 0.717) is 0 Å². The Balaban J connectivity index is 0.000000354.